The molecular weight excluding hydrogens is 214 g/mol. The minimum Gasteiger partial charge on any atom is -0.307 e. The Kier molecular flexibility index (Phi) is 2.12. The number of hydrogen-bond acceptors (Lipinski definition) is 3. The molecule has 0 aliphatic carbocycles. The van der Waals surface area contributed by atoms with E-state index in [9.17, 15) is 0 Å². The Morgan fingerprint density at radius 1 is 1.29 bits per heavy atom. The Morgan fingerprint density at radius 3 is 3.00 bits per heavy atom. The van der Waals surface area contributed by atoms with E-state index in [1.807, 2.05) is 35.0 Å². The van der Waals surface area contributed by atoms with E-state index in [2.05, 4.69) is 16.2 Å². The molecular formula is C12H9N5. The van der Waals surface area contributed by atoms with E-state index >= 15 is 0 Å². The second-order valence-electron chi connectivity index (χ2n) is 3.74. The molecule has 0 atom stereocenters. The topological polar surface area (TPSA) is 58.9 Å². The highest BCUT2D eigenvalue weighted by Crippen LogP contribution is 2.06. The molecule has 0 radical (unpaired) electrons. The zero-order valence-corrected chi connectivity index (χ0v) is 8.98. The number of nitrogens with zero attached hydrogens (tertiary/aromatic N) is 5. The van der Waals surface area contributed by atoms with Crippen LogP contribution in [0.4, 0.5) is 0 Å². The summed E-state index contributed by atoms with van der Waals surface area (Å²) in [6.07, 6.45) is 7.18. The van der Waals surface area contributed by atoms with Crippen LogP contribution >= 0.6 is 0 Å². The molecule has 0 spiro atoms. The monoisotopic (exact) mass is 223 g/mol. The van der Waals surface area contributed by atoms with E-state index in [0.717, 1.165) is 11.3 Å². The third-order valence-corrected chi connectivity index (χ3v) is 2.50. The summed E-state index contributed by atoms with van der Waals surface area (Å²) in [6, 6.07) is 7.91. The van der Waals surface area contributed by atoms with Crippen molar-refractivity contribution in [2.45, 2.75) is 6.54 Å². The van der Waals surface area contributed by atoms with Crippen LogP contribution in [0.3, 0.4) is 0 Å². The lowest BCUT2D eigenvalue weighted by Crippen LogP contribution is -1.99. The predicted molar refractivity (Wildman–Crippen MR) is 61.2 cm³/mol. The van der Waals surface area contributed by atoms with Gasteiger partial charge in [-0.25, -0.2) is 4.98 Å². The molecule has 0 unspecified atom stereocenters. The highest BCUT2D eigenvalue weighted by Gasteiger charge is 2.03. The van der Waals surface area contributed by atoms with E-state index in [1.54, 1.807) is 17.1 Å². The van der Waals surface area contributed by atoms with Crippen molar-refractivity contribution in [3.63, 3.8) is 0 Å². The van der Waals surface area contributed by atoms with Gasteiger partial charge in [-0.15, -0.1) is 0 Å². The molecule has 17 heavy (non-hydrogen) atoms. The van der Waals surface area contributed by atoms with Crippen LogP contribution in [0, 0.1) is 11.3 Å². The molecule has 0 aliphatic heterocycles. The summed E-state index contributed by atoms with van der Waals surface area (Å²) in [5.74, 6) is 0. The number of aromatic nitrogens is 4. The first kappa shape index (κ1) is 9.60. The lowest BCUT2D eigenvalue weighted by molar-refractivity contribution is 0.676. The van der Waals surface area contributed by atoms with Gasteiger partial charge in [0.2, 0.25) is 0 Å². The summed E-state index contributed by atoms with van der Waals surface area (Å²) in [4.78, 5) is 4.46. The molecule has 5 heteroatoms. The summed E-state index contributed by atoms with van der Waals surface area (Å²) in [5, 5.41) is 12.8. The molecule has 3 aromatic rings. The van der Waals surface area contributed by atoms with Crippen LogP contribution in [0.1, 0.15) is 11.3 Å². The largest absolute Gasteiger partial charge is 0.307 e. The number of nitriles is 1. The summed E-state index contributed by atoms with van der Waals surface area (Å²) in [5.41, 5.74) is 2.40. The van der Waals surface area contributed by atoms with Crippen molar-refractivity contribution in [2.24, 2.45) is 0 Å². The fraction of sp³-hybridized carbons (Fsp3) is 0.0833. The van der Waals surface area contributed by atoms with Gasteiger partial charge in [-0.3, -0.25) is 4.68 Å². The fourth-order valence-electron chi connectivity index (χ4n) is 1.74. The third kappa shape index (κ3) is 1.76. The average Bonchev–Trinajstić information content (AvgIpc) is 2.94. The molecule has 5 nitrogen and oxygen atoms in total. The summed E-state index contributed by atoms with van der Waals surface area (Å²) < 4.78 is 3.67. The lowest BCUT2D eigenvalue weighted by atomic mass is 10.4. The molecule has 0 fully saturated rings. The number of pyridine rings is 1. The molecule has 0 aliphatic rings. The van der Waals surface area contributed by atoms with Gasteiger partial charge >= 0.3 is 0 Å². The summed E-state index contributed by atoms with van der Waals surface area (Å²) in [6.45, 7) is 0.573. The molecule has 0 aromatic carbocycles. The number of hydrogen-bond donors (Lipinski definition) is 0. The smallest absolute Gasteiger partial charge is 0.137 e. The van der Waals surface area contributed by atoms with Crippen molar-refractivity contribution in [3.05, 3.63) is 54.2 Å². The van der Waals surface area contributed by atoms with Gasteiger partial charge in [-0.05, 0) is 12.1 Å². The Hall–Kier alpha value is -2.61. The highest BCUT2D eigenvalue weighted by atomic mass is 15.3. The lowest BCUT2D eigenvalue weighted by Gasteiger charge is -1.95. The first-order valence-corrected chi connectivity index (χ1v) is 5.20. The van der Waals surface area contributed by atoms with E-state index in [0.29, 0.717) is 12.1 Å². The van der Waals surface area contributed by atoms with Crippen molar-refractivity contribution >= 4 is 5.65 Å². The molecule has 0 saturated carbocycles. The molecule has 0 N–H and O–H groups in total. The maximum absolute atomic E-state index is 8.71. The van der Waals surface area contributed by atoms with Crippen LogP contribution in [-0.4, -0.2) is 19.2 Å². The maximum atomic E-state index is 8.71. The second kappa shape index (κ2) is 3.76. The van der Waals surface area contributed by atoms with E-state index in [-0.39, 0.29) is 0 Å². The van der Waals surface area contributed by atoms with Crippen molar-refractivity contribution in [3.8, 4) is 6.07 Å². The maximum Gasteiger partial charge on any atom is 0.137 e. The Bertz CT molecular complexity index is 668. The molecule has 3 aromatic heterocycles. The summed E-state index contributed by atoms with van der Waals surface area (Å²) in [7, 11) is 0. The van der Waals surface area contributed by atoms with Crippen LogP contribution < -0.4 is 0 Å². The van der Waals surface area contributed by atoms with Crippen LogP contribution in [0.2, 0.25) is 0 Å². The predicted octanol–water partition coefficient (Wildman–Crippen LogP) is 1.45. The minimum absolute atomic E-state index is 0.564. The molecule has 3 heterocycles. The molecule has 82 valence electrons. The first-order chi connectivity index (χ1) is 8.35. The summed E-state index contributed by atoms with van der Waals surface area (Å²) >= 11 is 0. The van der Waals surface area contributed by atoms with Gasteiger partial charge in [0.15, 0.2) is 0 Å². The van der Waals surface area contributed by atoms with Gasteiger partial charge in [-0.2, -0.15) is 10.4 Å². The molecule has 0 saturated heterocycles. The first-order valence-electron chi connectivity index (χ1n) is 5.20. The Labute approximate surface area is 97.6 Å². The standard InChI is InChI=1S/C12H9N5/c13-5-10-6-14-17(7-10)9-11-8-16-4-2-1-3-12(16)15-11/h1-4,6-8H,9H2. The van der Waals surface area contributed by atoms with Gasteiger partial charge in [-0.1, -0.05) is 6.07 Å². The quantitative estimate of drug-likeness (QED) is 0.660. The van der Waals surface area contributed by atoms with Crippen molar-refractivity contribution in [1.29, 1.82) is 5.26 Å². The molecule has 3 rings (SSSR count). The van der Waals surface area contributed by atoms with Gasteiger partial charge in [0.1, 0.15) is 11.7 Å². The van der Waals surface area contributed by atoms with Gasteiger partial charge < -0.3 is 4.40 Å². The Balaban J connectivity index is 1.92. The van der Waals surface area contributed by atoms with Gasteiger partial charge in [0.25, 0.3) is 0 Å². The van der Waals surface area contributed by atoms with E-state index in [4.69, 9.17) is 5.26 Å². The molecule has 0 bridgehead atoms. The zero-order valence-electron chi connectivity index (χ0n) is 8.98. The van der Waals surface area contributed by atoms with E-state index in [1.165, 1.54) is 0 Å². The highest BCUT2D eigenvalue weighted by molar-refractivity contribution is 5.39. The fourth-order valence-corrected chi connectivity index (χ4v) is 1.74. The van der Waals surface area contributed by atoms with Gasteiger partial charge in [0, 0.05) is 18.6 Å². The third-order valence-electron chi connectivity index (χ3n) is 2.50. The van der Waals surface area contributed by atoms with Gasteiger partial charge in [0.05, 0.1) is 24.0 Å². The number of rotatable bonds is 2. The normalized spacial score (nSPS) is 10.5. The second-order valence-corrected chi connectivity index (χ2v) is 3.74. The molecule has 0 amide bonds. The van der Waals surface area contributed by atoms with Crippen molar-refractivity contribution in [1.82, 2.24) is 19.2 Å². The van der Waals surface area contributed by atoms with Crippen LogP contribution in [0.25, 0.3) is 5.65 Å². The van der Waals surface area contributed by atoms with Crippen molar-refractivity contribution < 1.29 is 0 Å². The Morgan fingerprint density at radius 2 is 2.24 bits per heavy atom. The van der Waals surface area contributed by atoms with Crippen molar-refractivity contribution in [2.75, 3.05) is 0 Å². The SMILES string of the molecule is N#Cc1cnn(Cc2cn3ccccc3n2)c1. The van der Waals surface area contributed by atoms with E-state index < -0.39 is 0 Å². The number of imidazole rings is 1. The van der Waals surface area contributed by atoms with Crippen LogP contribution in [-0.2, 0) is 6.54 Å². The minimum atomic E-state index is 0.564. The van der Waals surface area contributed by atoms with Crippen LogP contribution in [0.15, 0.2) is 43.0 Å². The number of fused-ring (bicyclic) bond motifs is 1. The average molecular weight is 223 g/mol. The zero-order chi connectivity index (χ0) is 11.7. The van der Waals surface area contributed by atoms with Crippen LogP contribution in [0.5, 0.6) is 0 Å².